The van der Waals surface area contributed by atoms with E-state index in [9.17, 15) is 19.5 Å². The van der Waals surface area contributed by atoms with E-state index in [1.54, 1.807) is 0 Å². The van der Waals surface area contributed by atoms with Crippen molar-refractivity contribution in [2.75, 3.05) is 5.32 Å². The second-order valence-electron chi connectivity index (χ2n) is 3.85. The minimum atomic E-state index is -0.956. The van der Waals surface area contributed by atoms with Crippen molar-refractivity contribution in [1.82, 2.24) is 0 Å². The molecule has 100 valence electrons. The number of rotatable bonds is 3. The van der Waals surface area contributed by atoms with E-state index in [0.29, 0.717) is 11.3 Å². The normalized spacial score (nSPS) is 9.58. The van der Waals surface area contributed by atoms with Crippen molar-refractivity contribution < 1.29 is 24.2 Å². The molecule has 0 radical (unpaired) electrons. The molecule has 0 atom stereocenters. The molecule has 6 nitrogen and oxygen atoms in total. The van der Waals surface area contributed by atoms with Crippen molar-refractivity contribution in [3.05, 3.63) is 35.9 Å². The molecule has 19 heavy (non-hydrogen) atoms. The van der Waals surface area contributed by atoms with Gasteiger partial charge in [-0.2, -0.15) is 0 Å². The summed E-state index contributed by atoms with van der Waals surface area (Å²) in [5.41, 5.74) is 0.438. The number of carbonyl (C=O) groups excluding carboxylic acids is 3. The van der Waals surface area contributed by atoms with E-state index in [2.05, 4.69) is 16.6 Å². The highest BCUT2D eigenvalue weighted by Crippen LogP contribution is 2.23. The molecule has 0 saturated carbocycles. The highest BCUT2D eigenvalue weighted by Gasteiger charge is 2.15. The Kier molecular flexibility index (Phi) is 4.41. The van der Waals surface area contributed by atoms with Crippen molar-refractivity contribution in [1.29, 1.82) is 0 Å². The summed E-state index contributed by atoms with van der Waals surface area (Å²) < 4.78 is 4.34. The van der Waals surface area contributed by atoms with Crippen LogP contribution in [0, 0.1) is 0 Å². The zero-order valence-corrected chi connectivity index (χ0v) is 10.5. The third-order valence-corrected chi connectivity index (χ3v) is 2.10. The Hall–Kier alpha value is -2.63. The van der Waals surface area contributed by atoms with Crippen LogP contribution in [0.5, 0.6) is 5.75 Å². The van der Waals surface area contributed by atoms with Gasteiger partial charge in [-0.1, -0.05) is 6.58 Å². The predicted octanol–water partition coefficient (Wildman–Crippen LogP) is 1.61. The number of nitrogens with one attached hydrogen (secondary N) is 1. The summed E-state index contributed by atoms with van der Waals surface area (Å²) >= 11 is 0. The van der Waals surface area contributed by atoms with E-state index in [1.165, 1.54) is 25.1 Å². The van der Waals surface area contributed by atoms with Crippen LogP contribution in [-0.2, 0) is 14.3 Å². The lowest BCUT2D eigenvalue weighted by atomic mass is 10.1. The molecule has 1 amide bonds. The summed E-state index contributed by atoms with van der Waals surface area (Å²) in [6, 6.07) is 3.82. The zero-order chi connectivity index (χ0) is 14.6. The van der Waals surface area contributed by atoms with Crippen molar-refractivity contribution in [3.63, 3.8) is 0 Å². The van der Waals surface area contributed by atoms with E-state index >= 15 is 0 Å². The molecule has 0 unspecified atom stereocenters. The minimum Gasteiger partial charge on any atom is -0.507 e. The van der Waals surface area contributed by atoms with Gasteiger partial charge in [0.25, 0.3) is 5.91 Å². The topological polar surface area (TPSA) is 92.7 Å². The van der Waals surface area contributed by atoms with Crippen LogP contribution in [-0.4, -0.2) is 23.0 Å². The lowest BCUT2D eigenvalue weighted by Gasteiger charge is -2.07. The molecule has 0 aliphatic heterocycles. The van der Waals surface area contributed by atoms with Gasteiger partial charge in [-0.25, -0.2) is 4.79 Å². The molecule has 0 saturated heterocycles. The van der Waals surface area contributed by atoms with Gasteiger partial charge in [0.15, 0.2) is 0 Å². The van der Waals surface area contributed by atoms with Crippen LogP contribution < -0.4 is 5.32 Å². The first kappa shape index (κ1) is 14.4. The van der Waals surface area contributed by atoms with E-state index in [-0.39, 0.29) is 5.56 Å². The number of hydrogen-bond acceptors (Lipinski definition) is 5. The second kappa shape index (κ2) is 5.81. The molecular formula is C13H13NO5. The molecule has 0 bridgehead atoms. The number of hydrogen-bond donors (Lipinski definition) is 2. The SMILES string of the molecule is C=C(C)C(=O)Nc1ccc(C(=O)OC(C)=O)c(O)c1. The number of anilines is 1. The van der Waals surface area contributed by atoms with Crippen LogP contribution in [0.25, 0.3) is 0 Å². The fourth-order valence-corrected chi connectivity index (χ4v) is 1.21. The summed E-state index contributed by atoms with van der Waals surface area (Å²) in [6.45, 7) is 6.08. The highest BCUT2D eigenvalue weighted by atomic mass is 16.6. The van der Waals surface area contributed by atoms with Crippen molar-refractivity contribution in [3.8, 4) is 5.75 Å². The van der Waals surface area contributed by atoms with E-state index in [0.717, 1.165) is 6.92 Å². The Morgan fingerprint density at radius 1 is 1.26 bits per heavy atom. The van der Waals surface area contributed by atoms with Gasteiger partial charge in [-0.15, -0.1) is 0 Å². The van der Waals surface area contributed by atoms with E-state index in [4.69, 9.17) is 0 Å². The monoisotopic (exact) mass is 263 g/mol. The van der Waals surface area contributed by atoms with Crippen LogP contribution in [0.4, 0.5) is 5.69 Å². The smallest absolute Gasteiger partial charge is 0.349 e. The summed E-state index contributed by atoms with van der Waals surface area (Å²) in [5.74, 6) is -2.53. The van der Waals surface area contributed by atoms with Crippen LogP contribution in [0.2, 0.25) is 0 Å². The van der Waals surface area contributed by atoms with Crippen LogP contribution in [0.1, 0.15) is 24.2 Å². The van der Waals surface area contributed by atoms with E-state index < -0.39 is 23.6 Å². The summed E-state index contributed by atoms with van der Waals surface area (Å²) in [7, 11) is 0. The fraction of sp³-hybridized carbons (Fsp3) is 0.154. The molecule has 6 heteroatoms. The number of ether oxygens (including phenoxy) is 1. The number of aromatic hydroxyl groups is 1. The van der Waals surface area contributed by atoms with Gasteiger partial charge in [-0.05, 0) is 19.1 Å². The second-order valence-corrected chi connectivity index (χ2v) is 3.85. The first-order chi connectivity index (χ1) is 8.81. The summed E-state index contributed by atoms with van der Waals surface area (Å²) in [6.07, 6.45) is 0. The number of esters is 2. The number of benzene rings is 1. The number of amides is 1. The maximum Gasteiger partial charge on any atom is 0.349 e. The Balaban J connectivity index is 2.91. The average Bonchev–Trinajstić information content (AvgIpc) is 2.27. The van der Waals surface area contributed by atoms with Gasteiger partial charge >= 0.3 is 11.9 Å². The average molecular weight is 263 g/mol. The van der Waals surface area contributed by atoms with Gasteiger partial charge in [-0.3, -0.25) is 9.59 Å². The van der Waals surface area contributed by atoms with Crippen LogP contribution >= 0.6 is 0 Å². The molecule has 1 rings (SSSR count). The van der Waals surface area contributed by atoms with Crippen molar-refractivity contribution >= 4 is 23.5 Å². The molecule has 1 aromatic rings. The zero-order valence-electron chi connectivity index (χ0n) is 10.5. The summed E-state index contributed by atoms with van der Waals surface area (Å²) in [5, 5.41) is 12.1. The summed E-state index contributed by atoms with van der Waals surface area (Å²) in [4.78, 5) is 33.4. The quantitative estimate of drug-likeness (QED) is 0.491. The maximum absolute atomic E-state index is 11.4. The van der Waals surface area contributed by atoms with Gasteiger partial charge in [0.2, 0.25) is 0 Å². The molecule has 1 aromatic carbocycles. The maximum atomic E-state index is 11.4. The Morgan fingerprint density at radius 3 is 2.37 bits per heavy atom. The number of carbonyl (C=O) groups is 3. The highest BCUT2D eigenvalue weighted by molar-refractivity contribution is 6.04. The molecule has 2 N–H and O–H groups in total. The van der Waals surface area contributed by atoms with Crippen LogP contribution in [0.3, 0.4) is 0 Å². The third kappa shape index (κ3) is 3.95. The van der Waals surface area contributed by atoms with Crippen molar-refractivity contribution in [2.24, 2.45) is 0 Å². The molecule has 0 aliphatic carbocycles. The van der Waals surface area contributed by atoms with Gasteiger partial charge in [0.1, 0.15) is 11.3 Å². The fourth-order valence-electron chi connectivity index (χ4n) is 1.21. The lowest BCUT2D eigenvalue weighted by molar-refractivity contribution is -0.135. The molecule has 0 spiro atoms. The lowest BCUT2D eigenvalue weighted by Crippen LogP contribution is -2.13. The first-order valence-corrected chi connectivity index (χ1v) is 5.34. The molecule has 0 fully saturated rings. The Labute approximate surface area is 109 Å². The molecule has 0 aromatic heterocycles. The Morgan fingerprint density at radius 2 is 1.89 bits per heavy atom. The Bertz CT molecular complexity index is 562. The number of phenols is 1. The standard InChI is InChI=1S/C13H13NO5/c1-7(2)12(17)14-9-4-5-10(11(16)6-9)13(18)19-8(3)15/h4-6,16H,1H2,2-3H3,(H,14,17). The first-order valence-electron chi connectivity index (χ1n) is 5.34. The molecule has 0 heterocycles. The van der Waals surface area contributed by atoms with Crippen LogP contribution in [0.15, 0.2) is 30.4 Å². The van der Waals surface area contributed by atoms with Gasteiger partial charge in [0.05, 0.1) is 0 Å². The van der Waals surface area contributed by atoms with Gasteiger partial charge in [0, 0.05) is 24.3 Å². The molecule has 0 aliphatic rings. The van der Waals surface area contributed by atoms with Gasteiger partial charge < -0.3 is 15.2 Å². The predicted molar refractivity (Wildman–Crippen MR) is 67.6 cm³/mol. The van der Waals surface area contributed by atoms with E-state index in [1.807, 2.05) is 0 Å². The minimum absolute atomic E-state index is 0.163. The molecular weight excluding hydrogens is 250 g/mol. The number of phenolic OH excluding ortho intramolecular Hbond substituents is 1. The largest absolute Gasteiger partial charge is 0.507 e. The van der Waals surface area contributed by atoms with Crippen molar-refractivity contribution in [2.45, 2.75) is 13.8 Å². The third-order valence-electron chi connectivity index (χ3n) is 2.10.